The van der Waals surface area contributed by atoms with Crippen LogP contribution in [0.3, 0.4) is 0 Å². The molecule has 0 aliphatic carbocycles. The second-order valence-electron chi connectivity index (χ2n) is 19.6. The van der Waals surface area contributed by atoms with Crippen molar-refractivity contribution in [2.75, 3.05) is 27.3 Å². The summed E-state index contributed by atoms with van der Waals surface area (Å²) in [4.78, 5) is 40.8. The highest BCUT2D eigenvalue weighted by Gasteiger charge is 2.29. The first-order valence-electron chi connectivity index (χ1n) is 24.2. The molecule has 0 unspecified atom stereocenters. The van der Waals surface area contributed by atoms with E-state index in [-0.39, 0.29) is 73.4 Å². The number of pyridine rings is 2. The highest BCUT2D eigenvalue weighted by Crippen LogP contribution is 2.34. The predicted molar refractivity (Wildman–Crippen MR) is 326 cm³/mol. The number of ether oxygens (including phenoxy) is 3. The number of ketones is 2. The number of aromatic nitrogens is 2. The number of aryl methyl sites for hydroxylation is 2. The number of allylic oxidation sites excluding steroid dienone is 2. The summed E-state index contributed by atoms with van der Waals surface area (Å²) in [5.41, 5.74) is 10.2. The Balaban J connectivity index is 0.000000545. The van der Waals surface area contributed by atoms with Crippen molar-refractivity contribution in [2.24, 2.45) is 20.8 Å². The molecule has 4 aromatic carbocycles. The van der Waals surface area contributed by atoms with E-state index in [1.165, 1.54) is 16.7 Å². The fourth-order valence-electron chi connectivity index (χ4n) is 7.33. The number of halogens is 5. The fraction of sp³-hybridized carbons (Fsp3) is 0.311. The number of nitrogens with zero attached hydrogens (tertiary/aromatic N) is 4. The van der Waals surface area contributed by atoms with Gasteiger partial charge in [-0.2, -0.15) is 0 Å². The molecule has 8 rings (SSSR count). The lowest BCUT2D eigenvalue weighted by Gasteiger charge is -2.20. The number of Topliss-reactive ketones (excluding diaryl/α,β-unsaturated/α-hetero) is 2. The van der Waals surface area contributed by atoms with Crippen molar-refractivity contribution in [1.29, 1.82) is 0 Å². The van der Waals surface area contributed by atoms with E-state index in [0.717, 1.165) is 88.2 Å². The van der Waals surface area contributed by atoms with E-state index < -0.39 is 10.8 Å². The maximum absolute atomic E-state index is 11.5. The Morgan fingerprint density at radius 1 is 0.592 bits per heavy atom. The normalized spacial score (nSPS) is 13.7. The van der Waals surface area contributed by atoms with Crippen LogP contribution in [-0.2, 0) is 9.59 Å². The van der Waals surface area contributed by atoms with Gasteiger partial charge in [-0.25, -0.2) is 0 Å². The Hall–Kier alpha value is -5.82. The molecule has 6 aromatic rings. The van der Waals surface area contributed by atoms with E-state index in [1.54, 1.807) is 32.7 Å². The van der Waals surface area contributed by atoms with Gasteiger partial charge in [-0.3, -0.25) is 29.5 Å². The monoisotopic (exact) mass is 1180 g/mol. The number of hydrogen-bond donors (Lipinski definition) is 1. The Morgan fingerprint density at radius 2 is 1.07 bits per heavy atom. The molecule has 10 nitrogen and oxygen atoms in total. The predicted octanol–water partition coefficient (Wildman–Crippen LogP) is 16.4. The highest BCUT2D eigenvalue weighted by molar-refractivity contribution is 9.10. The summed E-state index contributed by atoms with van der Waals surface area (Å²) < 4.78 is 18.0. The average molecular weight is 1180 g/mol. The number of carbonyl (C=O) groups excluding carboxylic acids is 2. The van der Waals surface area contributed by atoms with Crippen LogP contribution in [0.4, 0.5) is 0 Å². The summed E-state index contributed by atoms with van der Waals surface area (Å²) in [5, 5.41) is 9.69. The van der Waals surface area contributed by atoms with E-state index in [1.807, 2.05) is 140 Å². The molecular weight excluding hydrogens is 1110 g/mol. The number of carbonyl (C=O) groups is 2. The minimum Gasteiger partial charge on any atom is -0.504 e. The summed E-state index contributed by atoms with van der Waals surface area (Å²) in [6.07, 6.45) is 15.7. The van der Waals surface area contributed by atoms with Gasteiger partial charge in [0.25, 0.3) is 0 Å². The van der Waals surface area contributed by atoms with Gasteiger partial charge in [0.05, 0.1) is 32.1 Å². The Kier molecular flexibility index (Phi) is 29.9. The van der Waals surface area contributed by atoms with Gasteiger partial charge in [0.2, 0.25) is 0 Å². The summed E-state index contributed by atoms with van der Waals surface area (Å²) >= 11 is 3.36. The molecule has 0 bridgehead atoms. The van der Waals surface area contributed by atoms with Gasteiger partial charge >= 0.3 is 0 Å². The van der Waals surface area contributed by atoms with Crippen LogP contribution in [0.25, 0.3) is 12.2 Å². The molecule has 0 fully saturated rings. The maximum atomic E-state index is 11.5. The molecular formula is C61H73BrCl4N4O6. The largest absolute Gasteiger partial charge is 0.504 e. The van der Waals surface area contributed by atoms with E-state index in [9.17, 15) is 14.7 Å². The van der Waals surface area contributed by atoms with Gasteiger partial charge in [-0.15, -0.1) is 49.6 Å². The van der Waals surface area contributed by atoms with Crippen molar-refractivity contribution in [3.8, 4) is 28.7 Å². The molecule has 2 aliphatic heterocycles. The highest BCUT2D eigenvalue weighted by atomic mass is 79.9. The molecule has 1 N–H and O–H groups in total. The van der Waals surface area contributed by atoms with Crippen molar-refractivity contribution in [3.05, 3.63) is 183 Å². The van der Waals surface area contributed by atoms with Crippen molar-refractivity contribution >= 4 is 101 Å². The zero-order chi connectivity index (χ0) is 52.3. The van der Waals surface area contributed by atoms with Gasteiger partial charge in [-0.05, 0) is 152 Å². The molecule has 15 heteroatoms. The standard InChI is InChI=1S/C25H24N2O2.C18H18N2O2.C11H20O2.C7H7Br.4ClH/c1-18-6-3-9-22(14-18)29-23-11-10-19(16-24(23)28-2)15-20-7-5-13-27-25(20)21-8-4-12-26-17-21;1-22-17-11-13(6-7-16(17)21)10-14-4-3-9-20-18(14)15-5-2-8-19-12-15;1-10(2,3)8(12)7-9(13)11(4,5)6;1-6-3-2-4-7(8)5-6;;;;/h3-4,6,8-12,14-17H,5,7,13H2,1-2H3;2,5-8,10-12,21H,3-4,9H2,1H3;7H2,1-6H3;2-5H,1H3;4*1H/b20-15+;14-10+;;;;;;. The molecule has 0 saturated carbocycles. The van der Waals surface area contributed by atoms with Crippen molar-refractivity contribution in [3.63, 3.8) is 0 Å². The second kappa shape index (κ2) is 33.4. The summed E-state index contributed by atoms with van der Waals surface area (Å²) in [6, 6.07) is 35.5. The van der Waals surface area contributed by atoms with Crippen LogP contribution in [0.1, 0.15) is 107 Å². The molecule has 0 amide bonds. The quantitative estimate of drug-likeness (QED) is 0.134. The van der Waals surface area contributed by atoms with Crippen molar-refractivity contribution in [2.45, 2.75) is 87.5 Å². The lowest BCUT2D eigenvalue weighted by Crippen LogP contribution is -2.28. The zero-order valence-electron chi connectivity index (χ0n) is 45.1. The van der Waals surface area contributed by atoms with Crippen LogP contribution in [0.5, 0.6) is 28.7 Å². The molecule has 76 heavy (non-hydrogen) atoms. The van der Waals surface area contributed by atoms with Crippen molar-refractivity contribution < 1.29 is 28.9 Å². The minimum absolute atomic E-state index is 0. The lowest BCUT2D eigenvalue weighted by molar-refractivity contribution is -0.135. The number of aliphatic imine (C=N–C) groups is 2. The van der Waals surface area contributed by atoms with Crippen LogP contribution < -0.4 is 14.2 Å². The summed E-state index contributed by atoms with van der Waals surface area (Å²) in [7, 11) is 3.22. The van der Waals surface area contributed by atoms with Gasteiger partial charge < -0.3 is 19.3 Å². The van der Waals surface area contributed by atoms with Crippen LogP contribution >= 0.6 is 65.6 Å². The summed E-state index contributed by atoms with van der Waals surface area (Å²) in [6.45, 7) is 16.9. The number of hydrogen-bond acceptors (Lipinski definition) is 10. The number of rotatable bonds is 10. The van der Waals surface area contributed by atoms with E-state index in [0.29, 0.717) is 17.2 Å². The number of benzene rings is 4. The third kappa shape index (κ3) is 22.0. The number of aromatic hydroxyl groups is 1. The molecule has 0 atom stereocenters. The van der Waals surface area contributed by atoms with E-state index >= 15 is 0 Å². The first-order chi connectivity index (χ1) is 34.3. The van der Waals surface area contributed by atoms with Gasteiger partial charge in [-0.1, -0.05) is 99.4 Å². The fourth-order valence-corrected chi connectivity index (χ4v) is 7.85. The van der Waals surface area contributed by atoms with Gasteiger partial charge in [0.1, 0.15) is 17.3 Å². The first-order valence-corrected chi connectivity index (χ1v) is 25.0. The first kappa shape index (κ1) is 68.2. The maximum Gasteiger partial charge on any atom is 0.169 e. The van der Waals surface area contributed by atoms with Crippen LogP contribution in [0.15, 0.2) is 160 Å². The molecule has 4 heterocycles. The Morgan fingerprint density at radius 3 is 1.49 bits per heavy atom. The molecule has 408 valence electrons. The average Bonchev–Trinajstić information content (AvgIpc) is 3.36. The molecule has 2 aromatic heterocycles. The van der Waals surface area contributed by atoms with Crippen LogP contribution in [0.2, 0.25) is 0 Å². The van der Waals surface area contributed by atoms with E-state index in [2.05, 4.69) is 74.2 Å². The zero-order valence-corrected chi connectivity index (χ0v) is 49.9. The van der Waals surface area contributed by atoms with Gasteiger partial charge in [0, 0.05) is 64.3 Å². The van der Waals surface area contributed by atoms with E-state index in [4.69, 9.17) is 19.2 Å². The lowest BCUT2D eigenvalue weighted by atomic mass is 9.82. The summed E-state index contributed by atoms with van der Waals surface area (Å²) in [5.74, 6) is 2.87. The van der Waals surface area contributed by atoms with Crippen LogP contribution in [0, 0.1) is 24.7 Å². The third-order valence-electron chi connectivity index (χ3n) is 11.5. The Labute approximate surface area is 483 Å². The molecule has 0 saturated heterocycles. The smallest absolute Gasteiger partial charge is 0.169 e. The number of phenolic OH excluding ortho intramolecular Hbond substituents is 1. The third-order valence-corrected chi connectivity index (χ3v) is 12.0. The van der Waals surface area contributed by atoms with Crippen LogP contribution in [-0.4, -0.2) is 65.4 Å². The molecule has 0 spiro atoms. The topological polar surface area (TPSA) is 133 Å². The van der Waals surface area contributed by atoms with Crippen molar-refractivity contribution in [1.82, 2.24) is 9.97 Å². The Bertz CT molecular complexity index is 2860. The minimum atomic E-state index is -0.402. The SMILES string of the molecule is CC(C)(C)C(=O)CC(=O)C(C)(C)C.COc1cc(/C=C2\CCCN=C2c2cccnc2)ccc1O.COc1cc(/C=C2\CCCN=C2c2cccnc2)ccc1Oc1cccc(C)c1.Cc1cccc(Br)c1.Cl.Cl.Cl.Cl. The molecule has 2 aliphatic rings. The number of methoxy groups -OCH3 is 2. The van der Waals surface area contributed by atoms with Gasteiger partial charge in [0.15, 0.2) is 23.0 Å². The molecule has 0 radical (unpaired) electrons. The second-order valence-corrected chi connectivity index (χ2v) is 20.5. The number of phenols is 1.